The summed E-state index contributed by atoms with van der Waals surface area (Å²) >= 11 is 6.05. The zero-order valence-electron chi connectivity index (χ0n) is 21.7. The Morgan fingerprint density at radius 3 is 2.31 bits per heavy atom. The van der Waals surface area contributed by atoms with E-state index < -0.39 is 12.0 Å². The summed E-state index contributed by atoms with van der Waals surface area (Å²) in [4.78, 5) is 24.8. The first-order valence-electron chi connectivity index (χ1n) is 12.4. The van der Waals surface area contributed by atoms with Gasteiger partial charge in [-0.25, -0.2) is 9.59 Å². The number of carbonyl (C=O) groups excluding carboxylic acids is 1. The van der Waals surface area contributed by atoms with Crippen molar-refractivity contribution >= 4 is 40.7 Å². The van der Waals surface area contributed by atoms with Gasteiger partial charge in [-0.15, -0.1) is 0 Å². The van der Waals surface area contributed by atoms with Crippen molar-refractivity contribution in [1.29, 1.82) is 0 Å². The van der Waals surface area contributed by atoms with Crippen LogP contribution in [0.1, 0.15) is 21.5 Å². The topological polar surface area (TPSA) is 99.7 Å². The fraction of sp³-hybridized carbons (Fsp3) is 0.161. The molecule has 4 N–H and O–H groups in total. The lowest BCUT2D eigenvalue weighted by molar-refractivity contribution is 0.0697. The smallest absolute Gasteiger partial charge is 0.336 e. The van der Waals surface area contributed by atoms with E-state index in [1.807, 2.05) is 67.6 Å². The van der Waals surface area contributed by atoms with Gasteiger partial charge in [0, 0.05) is 17.8 Å². The molecule has 0 heterocycles. The number of hydrogen-bond acceptors (Lipinski definition) is 4. The van der Waals surface area contributed by atoms with Crippen molar-refractivity contribution in [3.05, 3.63) is 113 Å². The Hall–Kier alpha value is -4.33. The average Bonchev–Trinajstić information content (AvgIpc) is 2.92. The maximum Gasteiger partial charge on any atom is 0.336 e. The van der Waals surface area contributed by atoms with Gasteiger partial charge in [-0.1, -0.05) is 65.7 Å². The van der Waals surface area contributed by atoms with Gasteiger partial charge < -0.3 is 25.8 Å². The number of urea groups is 1. The molecule has 4 aromatic carbocycles. The molecule has 0 aromatic heterocycles. The third-order valence-electron chi connectivity index (χ3n) is 6.17. The van der Waals surface area contributed by atoms with Crippen LogP contribution in [-0.2, 0) is 11.2 Å². The number of rotatable bonds is 10. The van der Waals surface area contributed by atoms with Crippen LogP contribution in [0.2, 0.25) is 5.02 Å². The molecule has 1 atom stereocenters. The number of ether oxygens (including phenoxy) is 1. The predicted molar refractivity (Wildman–Crippen MR) is 157 cm³/mol. The standard InChI is InChI=1S/C31H30ClN3O4/c1-20-7-14-24(15-8-20)34-31(38)35-29-18-22(26-5-3-4-6-27(26)30(36)37)11-16-28(29)33-25(19-39-2)17-21-9-12-23(32)13-10-21/h3-16,18,25,33H,17,19H2,1-2H3,(H,36,37)(H2,34,35,38). The summed E-state index contributed by atoms with van der Waals surface area (Å²) in [7, 11) is 1.64. The highest BCUT2D eigenvalue weighted by Gasteiger charge is 2.17. The quantitative estimate of drug-likeness (QED) is 0.168. The van der Waals surface area contributed by atoms with E-state index >= 15 is 0 Å². The Balaban J connectivity index is 1.66. The van der Waals surface area contributed by atoms with E-state index in [0.29, 0.717) is 46.2 Å². The molecule has 4 aromatic rings. The number of anilines is 3. The molecule has 2 amide bonds. The van der Waals surface area contributed by atoms with Gasteiger partial charge in [-0.2, -0.15) is 0 Å². The number of aryl methyl sites for hydroxylation is 1. The lowest BCUT2D eigenvalue weighted by atomic mass is 9.98. The zero-order valence-corrected chi connectivity index (χ0v) is 22.5. The first kappa shape index (κ1) is 27.7. The molecule has 7 nitrogen and oxygen atoms in total. The SMILES string of the molecule is COCC(Cc1ccc(Cl)cc1)Nc1ccc(-c2ccccc2C(=O)O)cc1NC(=O)Nc1ccc(C)cc1. The minimum Gasteiger partial charge on any atom is -0.478 e. The Labute approximate surface area is 232 Å². The Morgan fingerprint density at radius 2 is 1.62 bits per heavy atom. The van der Waals surface area contributed by atoms with Gasteiger partial charge in [0.2, 0.25) is 0 Å². The van der Waals surface area contributed by atoms with E-state index in [0.717, 1.165) is 11.1 Å². The number of halogens is 1. The van der Waals surface area contributed by atoms with Gasteiger partial charge in [0.05, 0.1) is 29.6 Å². The van der Waals surface area contributed by atoms with E-state index in [1.165, 1.54) is 0 Å². The second kappa shape index (κ2) is 13.0. The first-order valence-corrected chi connectivity index (χ1v) is 12.8. The van der Waals surface area contributed by atoms with Gasteiger partial charge in [-0.05, 0) is 72.5 Å². The van der Waals surface area contributed by atoms with E-state index in [1.54, 1.807) is 37.4 Å². The Bertz CT molecular complexity index is 1440. The fourth-order valence-corrected chi connectivity index (χ4v) is 4.39. The highest BCUT2D eigenvalue weighted by Crippen LogP contribution is 2.32. The second-order valence-electron chi connectivity index (χ2n) is 9.18. The molecule has 200 valence electrons. The van der Waals surface area contributed by atoms with Crippen molar-refractivity contribution < 1.29 is 19.4 Å². The number of carboxylic acid groups (broad SMARTS) is 1. The minimum absolute atomic E-state index is 0.117. The monoisotopic (exact) mass is 543 g/mol. The molecule has 0 radical (unpaired) electrons. The molecule has 0 saturated carbocycles. The van der Waals surface area contributed by atoms with Crippen molar-refractivity contribution in [2.75, 3.05) is 29.7 Å². The highest BCUT2D eigenvalue weighted by molar-refractivity contribution is 6.30. The number of amides is 2. The largest absolute Gasteiger partial charge is 0.478 e. The number of carboxylic acids is 1. The number of methoxy groups -OCH3 is 1. The van der Waals surface area contributed by atoms with Gasteiger partial charge in [0.15, 0.2) is 0 Å². The fourth-order valence-electron chi connectivity index (χ4n) is 4.26. The van der Waals surface area contributed by atoms with Crippen LogP contribution in [0.3, 0.4) is 0 Å². The summed E-state index contributed by atoms with van der Waals surface area (Å²) in [6.45, 7) is 2.39. The minimum atomic E-state index is -1.03. The van der Waals surface area contributed by atoms with E-state index in [2.05, 4.69) is 16.0 Å². The summed E-state index contributed by atoms with van der Waals surface area (Å²) in [6.07, 6.45) is 0.656. The normalized spacial score (nSPS) is 11.5. The van der Waals surface area contributed by atoms with Crippen molar-refractivity contribution in [3.8, 4) is 11.1 Å². The molecular formula is C31H30ClN3O4. The summed E-state index contributed by atoms with van der Waals surface area (Å²) in [5.74, 6) is -1.03. The van der Waals surface area contributed by atoms with Gasteiger partial charge >= 0.3 is 12.0 Å². The average molecular weight is 544 g/mol. The maximum absolute atomic E-state index is 13.0. The molecule has 0 aliphatic carbocycles. The van der Waals surface area contributed by atoms with Crippen LogP contribution in [0.25, 0.3) is 11.1 Å². The van der Waals surface area contributed by atoms with Crippen LogP contribution < -0.4 is 16.0 Å². The van der Waals surface area contributed by atoms with Crippen LogP contribution in [0, 0.1) is 6.92 Å². The maximum atomic E-state index is 13.0. The molecule has 39 heavy (non-hydrogen) atoms. The van der Waals surface area contributed by atoms with Crippen LogP contribution in [-0.4, -0.2) is 36.9 Å². The second-order valence-corrected chi connectivity index (χ2v) is 9.62. The third-order valence-corrected chi connectivity index (χ3v) is 6.42. The molecule has 4 rings (SSSR count). The van der Waals surface area contributed by atoms with Crippen LogP contribution in [0.15, 0.2) is 91.0 Å². The number of aromatic carboxylic acids is 1. The van der Waals surface area contributed by atoms with Crippen molar-refractivity contribution in [2.45, 2.75) is 19.4 Å². The van der Waals surface area contributed by atoms with E-state index in [9.17, 15) is 14.7 Å². The molecule has 0 fully saturated rings. The first-order chi connectivity index (χ1) is 18.8. The molecule has 8 heteroatoms. The molecular weight excluding hydrogens is 514 g/mol. The molecule has 0 aliphatic heterocycles. The lowest BCUT2D eigenvalue weighted by Crippen LogP contribution is -2.28. The summed E-state index contributed by atoms with van der Waals surface area (Å²) in [5.41, 5.74) is 5.36. The molecule has 1 unspecified atom stereocenters. The summed E-state index contributed by atoms with van der Waals surface area (Å²) in [5, 5.41) is 19.6. The molecule has 0 saturated heterocycles. The van der Waals surface area contributed by atoms with Gasteiger partial charge in [0.1, 0.15) is 0 Å². The van der Waals surface area contributed by atoms with E-state index in [-0.39, 0.29) is 11.6 Å². The number of hydrogen-bond donors (Lipinski definition) is 4. The van der Waals surface area contributed by atoms with Crippen molar-refractivity contribution in [1.82, 2.24) is 0 Å². The van der Waals surface area contributed by atoms with Crippen LogP contribution >= 0.6 is 11.6 Å². The van der Waals surface area contributed by atoms with E-state index in [4.69, 9.17) is 16.3 Å². The molecule has 0 aliphatic rings. The third kappa shape index (κ3) is 7.60. The number of benzene rings is 4. The van der Waals surface area contributed by atoms with Gasteiger partial charge in [-0.3, -0.25) is 0 Å². The number of nitrogens with one attached hydrogen (secondary N) is 3. The van der Waals surface area contributed by atoms with Crippen LogP contribution in [0.5, 0.6) is 0 Å². The van der Waals surface area contributed by atoms with Crippen LogP contribution in [0.4, 0.5) is 21.9 Å². The van der Waals surface area contributed by atoms with Crippen molar-refractivity contribution in [3.63, 3.8) is 0 Å². The zero-order chi connectivity index (χ0) is 27.8. The summed E-state index contributed by atoms with van der Waals surface area (Å²) in [6, 6.07) is 26.8. The summed E-state index contributed by atoms with van der Waals surface area (Å²) < 4.78 is 5.46. The van der Waals surface area contributed by atoms with Gasteiger partial charge in [0.25, 0.3) is 0 Å². The van der Waals surface area contributed by atoms with Crippen molar-refractivity contribution in [2.24, 2.45) is 0 Å². The molecule has 0 spiro atoms. The lowest BCUT2D eigenvalue weighted by Gasteiger charge is -2.22. The Kier molecular flexibility index (Phi) is 9.20. The predicted octanol–water partition coefficient (Wildman–Crippen LogP) is 7.33. The number of carbonyl (C=O) groups is 2. The Morgan fingerprint density at radius 1 is 0.897 bits per heavy atom. The molecule has 0 bridgehead atoms. The highest BCUT2D eigenvalue weighted by atomic mass is 35.5.